The van der Waals surface area contributed by atoms with E-state index in [1.54, 1.807) is 69.4 Å². The van der Waals surface area contributed by atoms with Gasteiger partial charge in [-0.15, -0.1) is 0 Å². The van der Waals surface area contributed by atoms with Crippen molar-refractivity contribution in [1.82, 2.24) is 19.3 Å². The van der Waals surface area contributed by atoms with Crippen LogP contribution in [0.25, 0.3) is 16.6 Å². The molecule has 0 saturated carbocycles. The number of aryl methyl sites for hydroxylation is 1. The predicted molar refractivity (Wildman–Crippen MR) is 148 cm³/mol. The second kappa shape index (κ2) is 10.3. The van der Waals surface area contributed by atoms with Crippen LogP contribution in [-0.2, 0) is 7.05 Å². The first-order chi connectivity index (χ1) is 18.8. The molecule has 0 fully saturated rings. The summed E-state index contributed by atoms with van der Waals surface area (Å²) in [7, 11) is 4.87. The third-order valence-corrected chi connectivity index (χ3v) is 6.47. The lowest BCUT2D eigenvalue weighted by atomic mass is 10.2. The van der Waals surface area contributed by atoms with Gasteiger partial charge in [-0.1, -0.05) is 17.7 Å². The number of aromatic nitrogens is 4. The normalized spacial score (nSPS) is 10.9. The Morgan fingerprint density at radius 1 is 0.897 bits per heavy atom. The zero-order valence-corrected chi connectivity index (χ0v) is 22.2. The van der Waals surface area contributed by atoms with Crippen LogP contribution in [0.5, 0.6) is 23.0 Å². The molecule has 198 valence electrons. The molecule has 0 atom stereocenters. The Morgan fingerprint density at radius 3 is 2.28 bits per heavy atom. The largest absolute Gasteiger partial charge is 0.493 e. The van der Waals surface area contributed by atoms with Gasteiger partial charge in [-0.05, 0) is 50.2 Å². The monoisotopic (exact) mass is 525 g/mol. The molecule has 0 radical (unpaired) electrons. The fourth-order valence-electron chi connectivity index (χ4n) is 4.30. The molecular weight excluding hydrogens is 498 g/mol. The summed E-state index contributed by atoms with van der Waals surface area (Å²) in [5.74, 6) is 1.86. The number of anilines is 1. The van der Waals surface area contributed by atoms with E-state index in [1.807, 2.05) is 31.2 Å². The summed E-state index contributed by atoms with van der Waals surface area (Å²) in [6, 6.07) is 16.1. The number of nitrogens with zero attached hydrogens (tertiary/aromatic N) is 4. The van der Waals surface area contributed by atoms with E-state index in [2.05, 4.69) is 15.3 Å². The first-order valence-electron chi connectivity index (χ1n) is 12.1. The highest BCUT2D eigenvalue weighted by Crippen LogP contribution is 2.36. The molecule has 0 unspecified atom stereocenters. The molecule has 3 aromatic heterocycles. The average molecular weight is 526 g/mol. The first-order valence-corrected chi connectivity index (χ1v) is 12.1. The van der Waals surface area contributed by atoms with Gasteiger partial charge in [0.15, 0.2) is 11.5 Å². The molecule has 3 heterocycles. The number of methoxy groups -OCH3 is 2. The molecule has 0 spiro atoms. The maximum atomic E-state index is 13.2. The highest BCUT2D eigenvalue weighted by Gasteiger charge is 2.22. The molecule has 39 heavy (non-hydrogen) atoms. The molecular formula is C29H27N5O5. The molecule has 0 aliphatic heterocycles. The van der Waals surface area contributed by atoms with E-state index in [0.29, 0.717) is 39.9 Å². The number of carbonyl (C=O) groups is 1. The summed E-state index contributed by atoms with van der Waals surface area (Å²) in [6.45, 7) is 3.70. The quantitative estimate of drug-likeness (QED) is 0.325. The number of benzene rings is 2. The van der Waals surface area contributed by atoms with Crippen LogP contribution in [0.1, 0.15) is 21.6 Å². The van der Waals surface area contributed by atoms with Gasteiger partial charge in [0.25, 0.3) is 11.5 Å². The van der Waals surface area contributed by atoms with Gasteiger partial charge >= 0.3 is 0 Å². The van der Waals surface area contributed by atoms with Gasteiger partial charge in [-0.2, -0.15) is 0 Å². The van der Waals surface area contributed by atoms with Crippen LogP contribution in [0.15, 0.2) is 71.8 Å². The van der Waals surface area contributed by atoms with Crippen molar-refractivity contribution in [2.24, 2.45) is 7.05 Å². The van der Waals surface area contributed by atoms with E-state index in [1.165, 1.54) is 10.9 Å². The fourth-order valence-corrected chi connectivity index (χ4v) is 4.30. The van der Waals surface area contributed by atoms with Gasteiger partial charge < -0.3 is 19.5 Å². The second-order valence-corrected chi connectivity index (χ2v) is 8.91. The Kier molecular flexibility index (Phi) is 6.76. The zero-order chi connectivity index (χ0) is 27.7. The van der Waals surface area contributed by atoms with Crippen molar-refractivity contribution < 1.29 is 19.0 Å². The molecule has 10 heteroatoms. The average Bonchev–Trinajstić information content (AvgIpc) is 3.17. The van der Waals surface area contributed by atoms with Gasteiger partial charge in [0.2, 0.25) is 0 Å². The van der Waals surface area contributed by atoms with Crippen molar-refractivity contribution in [2.75, 3.05) is 19.5 Å². The van der Waals surface area contributed by atoms with E-state index < -0.39 is 11.5 Å². The lowest BCUT2D eigenvalue weighted by molar-refractivity contribution is 0.102. The highest BCUT2D eigenvalue weighted by atomic mass is 16.5. The molecule has 2 aromatic carbocycles. The van der Waals surface area contributed by atoms with Gasteiger partial charge in [-0.3, -0.25) is 19.3 Å². The lowest BCUT2D eigenvalue weighted by Gasteiger charge is -2.12. The van der Waals surface area contributed by atoms with Crippen molar-refractivity contribution >= 4 is 22.6 Å². The number of pyridine rings is 2. The number of hydrogen-bond acceptors (Lipinski definition) is 7. The van der Waals surface area contributed by atoms with Gasteiger partial charge in [0, 0.05) is 24.7 Å². The van der Waals surface area contributed by atoms with Crippen molar-refractivity contribution in [2.45, 2.75) is 13.8 Å². The van der Waals surface area contributed by atoms with Crippen molar-refractivity contribution in [3.05, 3.63) is 94.2 Å². The summed E-state index contributed by atoms with van der Waals surface area (Å²) in [6.07, 6.45) is 3.13. The number of carbonyl (C=O) groups excluding carboxylic acids is 1. The number of hydrogen-bond donors (Lipinski definition) is 1. The summed E-state index contributed by atoms with van der Waals surface area (Å²) >= 11 is 0. The van der Waals surface area contributed by atoms with Crippen molar-refractivity contribution in [3.63, 3.8) is 0 Å². The Hall–Kier alpha value is -5.12. The fraction of sp³-hybridized carbons (Fsp3) is 0.172. The van der Waals surface area contributed by atoms with E-state index >= 15 is 0 Å². The second-order valence-electron chi connectivity index (χ2n) is 8.91. The Bertz CT molecular complexity index is 1740. The lowest BCUT2D eigenvalue weighted by Crippen LogP contribution is -2.25. The Balaban J connectivity index is 1.37. The molecule has 0 bridgehead atoms. The van der Waals surface area contributed by atoms with E-state index in [-0.39, 0.29) is 11.4 Å². The number of ether oxygens (including phenoxy) is 3. The smallest absolute Gasteiger partial charge is 0.284 e. The molecule has 0 aliphatic rings. The third-order valence-electron chi connectivity index (χ3n) is 6.47. The van der Waals surface area contributed by atoms with Crippen LogP contribution in [-0.4, -0.2) is 39.5 Å². The van der Waals surface area contributed by atoms with Crippen LogP contribution < -0.4 is 25.1 Å². The summed E-state index contributed by atoms with van der Waals surface area (Å²) < 4.78 is 20.0. The topological polar surface area (TPSA) is 110 Å². The molecule has 10 nitrogen and oxygen atoms in total. The minimum Gasteiger partial charge on any atom is -0.493 e. The zero-order valence-electron chi connectivity index (χ0n) is 22.2. The van der Waals surface area contributed by atoms with E-state index in [0.717, 1.165) is 10.9 Å². The summed E-state index contributed by atoms with van der Waals surface area (Å²) in [5.41, 5.74) is 2.60. The molecule has 1 N–H and O–H groups in total. The molecule has 1 amide bonds. The number of amides is 1. The van der Waals surface area contributed by atoms with Crippen LogP contribution in [0.4, 0.5) is 5.82 Å². The van der Waals surface area contributed by atoms with Crippen LogP contribution in [0.3, 0.4) is 0 Å². The third kappa shape index (κ3) is 4.79. The highest BCUT2D eigenvalue weighted by molar-refractivity contribution is 6.04. The van der Waals surface area contributed by atoms with Crippen molar-refractivity contribution in [3.8, 4) is 28.7 Å². The minimum atomic E-state index is -0.540. The van der Waals surface area contributed by atoms with Gasteiger partial charge in [0.05, 0.1) is 37.3 Å². The minimum absolute atomic E-state index is 0.0489. The molecule has 5 rings (SSSR count). The van der Waals surface area contributed by atoms with E-state index in [9.17, 15) is 9.59 Å². The maximum absolute atomic E-state index is 13.2. The van der Waals surface area contributed by atoms with Crippen LogP contribution in [0, 0.1) is 13.8 Å². The molecule has 0 aliphatic carbocycles. The summed E-state index contributed by atoms with van der Waals surface area (Å²) in [5, 5.41) is 3.45. The predicted octanol–water partition coefficient (Wildman–Crippen LogP) is 4.80. The number of rotatable bonds is 7. The number of nitrogens with one attached hydrogen (secondary N) is 1. The summed E-state index contributed by atoms with van der Waals surface area (Å²) in [4.78, 5) is 35.0. The molecule has 0 saturated heterocycles. The molecule has 5 aromatic rings. The maximum Gasteiger partial charge on any atom is 0.284 e. The van der Waals surface area contributed by atoms with Crippen LogP contribution >= 0.6 is 0 Å². The van der Waals surface area contributed by atoms with E-state index in [4.69, 9.17) is 14.2 Å². The SMILES string of the molecule is COc1cc2nccc(Oc3ccc(NC(=O)c4c(C)n(C)n(-c5ccc(C)cc5)c4=O)nc3)c2cc1OC. The Morgan fingerprint density at radius 2 is 1.62 bits per heavy atom. The first kappa shape index (κ1) is 25.5. The van der Waals surface area contributed by atoms with Gasteiger partial charge in [0.1, 0.15) is 22.9 Å². The van der Waals surface area contributed by atoms with Gasteiger partial charge in [-0.25, -0.2) is 9.67 Å². The number of fused-ring (bicyclic) bond motifs is 1. The van der Waals surface area contributed by atoms with Crippen molar-refractivity contribution in [1.29, 1.82) is 0 Å². The standard InChI is InChI=1S/C29H27N5O5/c1-17-6-8-19(9-7-17)34-29(36)27(18(2)33(34)3)28(35)32-26-11-10-20(16-31-26)39-23-12-13-30-22-15-25(38-5)24(37-4)14-21(22)23/h6-16H,1-5H3,(H,31,32,35). The Labute approximate surface area is 224 Å². The van der Waals surface area contributed by atoms with Crippen LogP contribution in [0.2, 0.25) is 0 Å².